The van der Waals surface area contributed by atoms with E-state index in [1.165, 1.54) is 13.3 Å². The molecule has 4 aromatic rings. The van der Waals surface area contributed by atoms with Crippen LogP contribution in [-0.4, -0.2) is 52.4 Å². The quantitative estimate of drug-likeness (QED) is 0.235. The Balaban J connectivity index is 1.60. The Morgan fingerprint density at radius 2 is 1.78 bits per heavy atom. The van der Waals surface area contributed by atoms with Crippen molar-refractivity contribution in [2.24, 2.45) is 0 Å². The topological polar surface area (TPSA) is 155 Å². The summed E-state index contributed by atoms with van der Waals surface area (Å²) < 4.78 is 11.4. The number of carboxylic acid groups (broad SMARTS) is 1. The number of carbonyl (C=O) groups excluding carboxylic acids is 1. The highest BCUT2D eigenvalue weighted by atomic mass is 16.5. The average molecular weight is 489 g/mol. The molecule has 0 atom stereocenters. The number of ether oxygens (including phenoxy) is 2. The molecule has 0 unspecified atom stereocenters. The third-order valence-electron chi connectivity index (χ3n) is 5.08. The molecule has 1 aromatic heterocycles. The minimum atomic E-state index is -1.16. The van der Waals surface area contributed by atoms with Crippen LogP contribution < -0.4 is 25.4 Å². The van der Waals surface area contributed by atoms with E-state index in [4.69, 9.17) is 19.7 Å². The van der Waals surface area contributed by atoms with E-state index >= 15 is 0 Å². The molecule has 11 heteroatoms. The van der Waals surface area contributed by atoms with Crippen molar-refractivity contribution in [3.05, 3.63) is 72.4 Å². The third kappa shape index (κ3) is 5.42. The van der Waals surface area contributed by atoms with Crippen molar-refractivity contribution in [1.82, 2.24) is 15.3 Å². The molecule has 0 fully saturated rings. The van der Waals surface area contributed by atoms with Crippen LogP contribution in [0.1, 0.15) is 10.4 Å². The van der Waals surface area contributed by atoms with Gasteiger partial charge in [0, 0.05) is 29.6 Å². The summed E-state index contributed by atoms with van der Waals surface area (Å²) in [5, 5.41) is 27.4. The van der Waals surface area contributed by atoms with Gasteiger partial charge in [0.25, 0.3) is 5.91 Å². The lowest BCUT2D eigenvalue weighted by atomic mass is 10.1. The summed E-state index contributed by atoms with van der Waals surface area (Å²) >= 11 is 0. The van der Waals surface area contributed by atoms with Gasteiger partial charge in [0.2, 0.25) is 11.8 Å². The Bertz CT molecular complexity index is 1410. The Morgan fingerprint density at radius 3 is 2.53 bits per heavy atom. The number of rotatable bonds is 9. The van der Waals surface area contributed by atoms with E-state index in [0.29, 0.717) is 27.9 Å². The first kappa shape index (κ1) is 24.2. The van der Waals surface area contributed by atoms with Crippen LogP contribution in [0.3, 0.4) is 0 Å². The van der Waals surface area contributed by atoms with Gasteiger partial charge in [-0.2, -0.15) is 4.98 Å². The fourth-order valence-corrected chi connectivity index (χ4v) is 3.58. The number of nitrogens with zero attached hydrogens (tertiary/aromatic N) is 2. The van der Waals surface area contributed by atoms with Gasteiger partial charge in [-0.25, -0.2) is 9.78 Å². The van der Waals surface area contributed by atoms with Crippen molar-refractivity contribution in [2.45, 2.75) is 0 Å². The first-order valence-corrected chi connectivity index (χ1v) is 10.9. The standard InChI is InChI=1S/C25H23N5O6/c1-35-22-17(23(32)26-13-14-31)7-4-8-19(22)28-24-27-12-11-21(30-24)36-20-10-9-18(29-25(33)34)15-5-2-3-6-16(15)20/h2-12,29,31H,13-14H2,1H3,(H,26,32)(H,33,34)(H,27,28,30). The van der Waals surface area contributed by atoms with Crippen molar-refractivity contribution in [3.8, 4) is 17.4 Å². The largest absolute Gasteiger partial charge is 0.494 e. The lowest BCUT2D eigenvalue weighted by Gasteiger charge is -2.15. The highest BCUT2D eigenvalue weighted by Gasteiger charge is 2.17. The van der Waals surface area contributed by atoms with Crippen LogP contribution in [-0.2, 0) is 0 Å². The summed E-state index contributed by atoms with van der Waals surface area (Å²) in [6, 6.07) is 17.1. The first-order chi connectivity index (χ1) is 17.5. The molecule has 3 aromatic carbocycles. The number of para-hydroxylation sites is 1. The van der Waals surface area contributed by atoms with Crippen molar-refractivity contribution in [1.29, 1.82) is 0 Å². The monoisotopic (exact) mass is 489 g/mol. The number of carbonyl (C=O) groups is 2. The maximum Gasteiger partial charge on any atom is 0.409 e. The molecule has 0 radical (unpaired) electrons. The number of anilines is 3. The zero-order valence-corrected chi connectivity index (χ0v) is 19.2. The minimum Gasteiger partial charge on any atom is -0.494 e. The van der Waals surface area contributed by atoms with Gasteiger partial charge in [0.1, 0.15) is 5.75 Å². The molecule has 1 heterocycles. The number of aliphatic hydroxyl groups is 1. The Hall–Kier alpha value is -4.90. The number of aliphatic hydroxyl groups excluding tert-OH is 1. The van der Waals surface area contributed by atoms with Crippen LogP contribution in [0, 0.1) is 0 Å². The van der Waals surface area contributed by atoms with Crippen molar-refractivity contribution < 1.29 is 29.3 Å². The van der Waals surface area contributed by atoms with Crippen molar-refractivity contribution in [3.63, 3.8) is 0 Å². The minimum absolute atomic E-state index is 0.115. The molecule has 0 spiro atoms. The van der Waals surface area contributed by atoms with E-state index in [-0.39, 0.29) is 36.3 Å². The van der Waals surface area contributed by atoms with E-state index < -0.39 is 12.0 Å². The lowest BCUT2D eigenvalue weighted by Crippen LogP contribution is -2.26. The van der Waals surface area contributed by atoms with Gasteiger partial charge in [0.15, 0.2) is 5.75 Å². The predicted molar refractivity (Wildman–Crippen MR) is 133 cm³/mol. The SMILES string of the molecule is COc1c(Nc2nccc(Oc3ccc(NC(=O)O)c4ccccc34)n2)cccc1C(=O)NCCO. The van der Waals surface area contributed by atoms with Crippen molar-refractivity contribution >= 4 is 40.1 Å². The number of amides is 2. The molecule has 0 bridgehead atoms. The highest BCUT2D eigenvalue weighted by molar-refractivity contribution is 6.02. The number of hydrogen-bond donors (Lipinski definition) is 5. The van der Waals surface area contributed by atoms with Crippen LogP contribution in [0.15, 0.2) is 66.9 Å². The second-order valence-corrected chi connectivity index (χ2v) is 7.40. The smallest absolute Gasteiger partial charge is 0.409 e. The Labute approximate surface area is 205 Å². The van der Waals surface area contributed by atoms with Gasteiger partial charge in [0.05, 0.1) is 30.7 Å². The summed E-state index contributed by atoms with van der Waals surface area (Å²) in [5.74, 6) is 0.816. The second-order valence-electron chi connectivity index (χ2n) is 7.40. The average Bonchev–Trinajstić information content (AvgIpc) is 2.88. The van der Waals surface area contributed by atoms with Crippen LogP contribution in [0.4, 0.5) is 22.1 Å². The molecule has 36 heavy (non-hydrogen) atoms. The molecular formula is C25H23N5O6. The summed E-state index contributed by atoms with van der Waals surface area (Å²) in [7, 11) is 1.44. The van der Waals surface area contributed by atoms with Crippen molar-refractivity contribution in [2.75, 3.05) is 30.9 Å². The van der Waals surface area contributed by atoms with Gasteiger partial charge in [-0.05, 0) is 24.3 Å². The zero-order valence-electron chi connectivity index (χ0n) is 19.2. The number of methoxy groups -OCH3 is 1. The van der Waals surface area contributed by atoms with E-state index in [1.807, 2.05) is 12.1 Å². The summed E-state index contributed by atoms with van der Waals surface area (Å²) in [6.07, 6.45) is 0.350. The van der Waals surface area contributed by atoms with Crippen LogP contribution in [0.5, 0.6) is 17.4 Å². The van der Waals surface area contributed by atoms with E-state index in [9.17, 15) is 9.59 Å². The number of nitrogens with one attached hydrogen (secondary N) is 3. The lowest BCUT2D eigenvalue weighted by molar-refractivity contribution is 0.0941. The normalized spacial score (nSPS) is 10.5. The fraction of sp³-hybridized carbons (Fsp3) is 0.120. The maximum absolute atomic E-state index is 12.4. The molecule has 0 aliphatic heterocycles. The Kier molecular flexibility index (Phi) is 7.42. The van der Waals surface area contributed by atoms with Gasteiger partial charge in [-0.3, -0.25) is 10.1 Å². The van der Waals surface area contributed by atoms with Gasteiger partial charge >= 0.3 is 6.09 Å². The third-order valence-corrected chi connectivity index (χ3v) is 5.08. The predicted octanol–water partition coefficient (Wildman–Crippen LogP) is 3.99. The maximum atomic E-state index is 12.4. The van der Waals surface area contributed by atoms with Gasteiger partial charge < -0.3 is 30.3 Å². The summed E-state index contributed by atoms with van der Waals surface area (Å²) in [5.41, 5.74) is 1.18. The second kappa shape index (κ2) is 11.0. The number of benzene rings is 3. The molecule has 5 N–H and O–H groups in total. The molecule has 0 aliphatic rings. The zero-order chi connectivity index (χ0) is 25.5. The number of hydrogen-bond acceptors (Lipinski definition) is 8. The van der Waals surface area contributed by atoms with Crippen LogP contribution in [0.25, 0.3) is 10.8 Å². The molecule has 0 aliphatic carbocycles. The summed E-state index contributed by atoms with van der Waals surface area (Å²) in [4.78, 5) is 32.2. The molecular weight excluding hydrogens is 466 g/mol. The van der Waals surface area contributed by atoms with Gasteiger partial charge in [-0.15, -0.1) is 0 Å². The fourth-order valence-electron chi connectivity index (χ4n) is 3.58. The number of fused-ring (bicyclic) bond motifs is 1. The molecule has 0 saturated carbocycles. The van der Waals surface area contributed by atoms with E-state index in [0.717, 1.165) is 0 Å². The van der Waals surface area contributed by atoms with E-state index in [1.54, 1.807) is 48.5 Å². The van der Waals surface area contributed by atoms with E-state index in [2.05, 4.69) is 25.9 Å². The van der Waals surface area contributed by atoms with Gasteiger partial charge in [-0.1, -0.05) is 30.3 Å². The van der Waals surface area contributed by atoms with Crippen LogP contribution in [0.2, 0.25) is 0 Å². The Morgan fingerprint density at radius 1 is 0.972 bits per heavy atom. The molecule has 0 saturated heterocycles. The van der Waals surface area contributed by atoms with Crippen LogP contribution >= 0.6 is 0 Å². The number of aromatic nitrogens is 2. The first-order valence-electron chi connectivity index (χ1n) is 10.9. The molecule has 184 valence electrons. The highest BCUT2D eigenvalue weighted by Crippen LogP contribution is 2.35. The molecule has 11 nitrogen and oxygen atoms in total. The molecule has 2 amide bonds. The summed E-state index contributed by atoms with van der Waals surface area (Å²) in [6.45, 7) is -0.0646. The molecule has 4 rings (SSSR count).